The van der Waals surface area contributed by atoms with E-state index in [4.69, 9.17) is 14.4 Å². The van der Waals surface area contributed by atoms with E-state index in [1.165, 1.54) is 0 Å². The summed E-state index contributed by atoms with van der Waals surface area (Å²) in [6.45, 7) is 0. The third-order valence-corrected chi connectivity index (χ3v) is 0. The average molecular weight is 280 g/mol. The van der Waals surface area contributed by atoms with E-state index in [2.05, 4.69) is 0 Å². The summed E-state index contributed by atoms with van der Waals surface area (Å²) in [6, 6.07) is 0. The Hall–Kier alpha value is 0.955. The van der Waals surface area contributed by atoms with Gasteiger partial charge in [0.1, 0.15) is 0 Å². The summed E-state index contributed by atoms with van der Waals surface area (Å²) in [6.07, 6.45) is 0. The zero-order chi connectivity index (χ0) is 3.58. The molecular formula is HgO3P+. The fourth-order valence-corrected chi connectivity index (χ4v) is 0. The number of hydrogen-bond donors (Lipinski definition) is 0. The molecule has 0 aromatic carbocycles. The van der Waals surface area contributed by atoms with Crippen molar-refractivity contribution >= 4 is 8.25 Å². The van der Waals surface area contributed by atoms with Gasteiger partial charge in [0, 0.05) is 0 Å². The van der Waals surface area contributed by atoms with Crippen LogP contribution in [-0.2, 0) is 32.2 Å². The van der Waals surface area contributed by atoms with Crippen molar-refractivity contribution in [2.45, 2.75) is 0 Å². The van der Waals surface area contributed by atoms with Gasteiger partial charge in [-0.1, -0.05) is 4.57 Å². The van der Waals surface area contributed by atoms with Gasteiger partial charge in [0.2, 0.25) is 0 Å². The summed E-state index contributed by atoms with van der Waals surface area (Å²) in [5.74, 6) is 0. The van der Waals surface area contributed by atoms with Crippen molar-refractivity contribution in [1.82, 2.24) is 0 Å². The van der Waals surface area contributed by atoms with E-state index in [0.717, 1.165) is 0 Å². The Morgan fingerprint density at radius 3 is 1.40 bits per heavy atom. The molecule has 0 radical (unpaired) electrons. The van der Waals surface area contributed by atoms with Crippen molar-refractivity contribution in [3.05, 3.63) is 0 Å². The molecule has 3 nitrogen and oxygen atoms in total. The SMILES string of the molecule is O=[P+]([O-])[O-].[Hg+2]. The molecule has 0 heterocycles. The second-order valence-corrected chi connectivity index (χ2v) is 0.671. The first-order chi connectivity index (χ1) is 1.73. The normalized spacial score (nSPS) is 5.20. The van der Waals surface area contributed by atoms with Crippen molar-refractivity contribution in [3.8, 4) is 0 Å². The molecule has 0 fully saturated rings. The molecule has 0 N–H and O–H groups in total. The van der Waals surface area contributed by atoms with Crippen molar-refractivity contribution in [3.63, 3.8) is 0 Å². The van der Waals surface area contributed by atoms with E-state index in [1.54, 1.807) is 0 Å². The van der Waals surface area contributed by atoms with Gasteiger partial charge in [-0.05, 0) is 0 Å². The molecule has 0 aromatic heterocycles. The van der Waals surface area contributed by atoms with E-state index in [0.29, 0.717) is 0 Å². The molecule has 0 rings (SSSR count). The Kier molecular flexibility index (Phi) is 9.26. The fourth-order valence-electron chi connectivity index (χ4n) is 0. The van der Waals surface area contributed by atoms with Crippen LogP contribution >= 0.6 is 8.25 Å². The van der Waals surface area contributed by atoms with Crippen LogP contribution in [0.15, 0.2) is 0 Å². The first-order valence-electron chi connectivity index (χ1n) is 0.548. The molecule has 0 saturated heterocycles. The van der Waals surface area contributed by atoms with Crippen LogP contribution in [0.2, 0.25) is 0 Å². The zero-order valence-electron chi connectivity index (χ0n) is 2.38. The third-order valence-electron chi connectivity index (χ3n) is 0. The first kappa shape index (κ1) is 9.35. The molecule has 0 aliphatic rings. The largest absolute Gasteiger partial charge is 2.00 e. The quantitative estimate of drug-likeness (QED) is 0.395. The van der Waals surface area contributed by atoms with Crippen LogP contribution in [0.1, 0.15) is 0 Å². The maximum absolute atomic E-state index is 8.48. The van der Waals surface area contributed by atoms with Crippen LogP contribution < -0.4 is 9.79 Å². The Balaban J connectivity index is 0. The van der Waals surface area contributed by atoms with Crippen LogP contribution in [0.3, 0.4) is 0 Å². The molecular weight excluding hydrogens is 280 g/mol. The molecule has 0 amide bonds. The monoisotopic (exact) mass is 281 g/mol. The predicted octanol–water partition coefficient (Wildman–Crippen LogP) is -1.64. The summed E-state index contributed by atoms with van der Waals surface area (Å²) in [5.41, 5.74) is 0. The van der Waals surface area contributed by atoms with E-state index < -0.39 is 8.25 Å². The van der Waals surface area contributed by atoms with Crippen LogP contribution in [0.4, 0.5) is 0 Å². The molecule has 0 atom stereocenters. The first-order valence-corrected chi connectivity index (χ1v) is 1.64. The molecule has 0 saturated carbocycles. The summed E-state index contributed by atoms with van der Waals surface area (Å²) >= 11 is 0. The van der Waals surface area contributed by atoms with E-state index in [-0.39, 0.29) is 27.7 Å². The van der Waals surface area contributed by atoms with Crippen molar-refractivity contribution in [1.29, 1.82) is 0 Å². The fraction of sp³-hybridized carbons (Fsp3) is 0. The second kappa shape index (κ2) is 4.96. The minimum absolute atomic E-state index is 0. The van der Waals surface area contributed by atoms with Gasteiger partial charge >= 0.3 is 27.7 Å². The summed E-state index contributed by atoms with van der Waals surface area (Å²) in [5, 5.41) is 0. The standard InChI is InChI=1S/Hg.HO3P/c;1-4(2)3/h;(H,1,2,3)/q+2;/p-1. The van der Waals surface area contributed by atoms with Crippen LogP contribution in [0.5, 0.6) is 0 Å². The molecule has 0 aromatic rings. The number of hydrogen-bond acceptors (Lipinski definition) is 3. The molecule has 0 aliphatic heterocycles. The third kappa shape index (κ3) is 47.4. The maximum Gasteiger partial charge on any atom is 2.00 e. The predicted molar refractivity (Wildman–Crippen MR) is 7.61 cm³/mol. The summed E-state index contributed by atoms with van der Waals surface area (Å²) in [7, 11) is -3.37. The summed E-state index contributed by atoms with van der Waals surface area (Å²) < 4.78 is 8.48. The summed E-state index contributed by atoms with van der Waals surface area (Å²) in [4.78, 5) is 17.0. The maximum atomic E-state index is 8.48. The Bertz CT molecular complexity index is 29.9. The van der Waals surface area contributed by atoms with E-state index in [9.17, 15) is 0 Å². The van der Waals surface area contributed by atoms with Gasteiger partial charge in [0.05, 0.1) is 0 Å². The molecule has 0 unspecified atom stereocenters. The molecule has 0 spiro atoms. The molecule has 0 bridgehead atoms. The topological polar surface area (TPSA) is 63.2 Å². The minimum atomic E-state index is -3.37. The van der Waals surface area contributed by atoms with Crippen molar-refractivity contribution < 1.29 is 42.0 Å². The average Bonchev–Trinajstić information content (AvgIpc) is 0.811. The molecule has 0 aliphatic carbocycles. The van der Waals surface area contributed by atoms with Gasteiger partial charge in [-0.15, -0.1) is 0 Å². The van der Waals surface area contributed by atoms with Crippen LogP contribution in [0.25, 0.3) is 0 Å². The van der Waals surface area contributed by atoms with Crippen molar-refractivity contribution in [2.75, 3.05) is 0 Å². The Morgan fingerprint density at radius 2 is 1.40 bits per heavy atom. The molecule has 24 valence electrons. The smallest absolute Gasteiger partial charge is 0.598 e. The zero-order valence-corrected chi connectivity index (χ0v) is 8.77. The van der Waals surface area contributed by atoms with Gasteiger partial charge in [0.25, 0.3) is 8.25 Å². The van der Waals surface area contributed by atoms with Gasteiger partial charge in [0.15, 0.2) is 0 Å². The minimum Gasteiger partial charge on any atom is -0.598 e. The van der Waals surface area contributed by atoms with Crippen molar-refractivity contribution in [2.24, 2.45) is 0 Å². The molecule has 5 heteroatoms. The van der Waals surface area contributed by atoms with E-state index in [1.807, 2.05) is 0 Å². The van der Waals surface area contributed by atoms with Gasteiger partial charge in [-0.25, -0.2) is 0 Å². The van der Waals surface area contributed by atoms with Gasteiger partial charge < -0.3 is 9.79 Å². The van der Waals surface area contributed by atoms with E-state index >= 15 is 0 Å². The van der Waals surface area contributed by atoms with Gasteiger partial charge in [-0.3, -0.25) is 0 Å². The second-order valence-electron chi connectivity index (χ2n) is 0.224. The number of rotatable bonds is 0. The Morgan fingerprint density at radius 1 is 1.40 bits per heavy atom. The van der Waals surface area contributed by atoms with Gasteiger partial charge in [-0.2, -0.15) is 0 Å². The van der Waals surface area contributed by atoms with Crippen LogP contribution in [-0.4, -0.2) is 0 Å². The Labute approximate surface area is 50.5 Å². The van der Waals surface area contributed by atoms with Crippen LogP contribution in [0, 0.1) is 0 Å². The molecule has 5 heavy (non-hydrogen) atoms.